The molecule has 0 amide bonds. The van der Waals surface area contributed by atoms with Gasteiger partial charge in [-0.2, -0.15) is 0 Å². The average Bonchev–Trinajstić information content (AvgIpc) is 3.19. The molecule has 8 aromatic rings. The molecule has 0 N–H and O–H groups in total. The Kier molecular flexibility index (Phi) is 7.92. The molecule has 0 radical (unpaired) electrons. The van der Waals surface area contributed by atoms with Crippen LogP contribution in [0.3, 0.4) is 0 Å². The fraction of sp³-hybridized carbons (Fsp3) is 0. The van der Waals surface area contributed by atoms with Crippen molar-refractivity contribution in [2.24, 2.45) is 0 Å². The molecule has 0 atom stereocenters. The van der Waals surface area contributed by atoms with Crippen molar-refractivity contribution < 1.29 is 0 Å². The Morgan fingerprint density at radius 1 is 0.229 bits per heavy atom. The summed E-state index contributed by atoms with van der Waals surface area (Å²) in [6, 6.07) is 58.1. The first-order valence-corrected chi connectivity index (χ1v) is 16.1. The predicted octanol–water partition coefficient (Wildman–Crippen LogP) is 11.5. The lowest BCUT2D eigenvalue weighted by Crippen LogP contribution is -1.92. The Bertz CT molecular complexity index is 2230. The average molecular weight is 614 g/mol. The molecular weight excluding hydrogens is 583 g/mol. The number of pyridine rings is 3. The smallest absolute Gasteiger partial charge is 0.0716 e. The van der Waals surface area contributed by atoms with Gasteiger partial charge in [0.1, 0.15) is 0 Å². The van der Waals surface area contributed by atoms with Crippen molar-refractivity contribution in [2.45, 2.75) is 0 Å². The summed E-state index contributed by atoms with van der Waals surface area (Å²) in [5.41, 5.74) is 15.6. The third-order valence-corrected chi connectivity index (χ3v) is 8.69. The van der Waals surface area contributed by atoms with Crippen LogP contribution in [0.4, 0.5) is 0 Å². The first kappa shape index (κ1) is 29.0. The molecule has 8 rings (SSSR count). The lowest BCUT2D eigenvalue weighted by molar-refractivity contribution is 1.27. The van der Waals surface area contributed by atoms with Crippen LogP contribution >= 0.6 is 0 Å². The van der Waals surface area contributed by atoms with Gasteiger partial charge in [-0.3, -0.25) is 9.97 Å². The monoisotopic (exact) mass is 613 g/mol. The lowest BCUT2D eigenvalue weighted by Gasteiger charge is -2.13. The Morgan fingerprint density at radius 3 is 0.896 bits per heavy atom. The number of benzene rings is 5. The third-order valence-electron chi connectivity index (χ3n) is 8.69. The van der Waals surface area contributed by atoms with Crippen molar-refractivity contribution in [1.82, 2.24) is 15.0 Å². The minimum absolute atomic E-state index is 0.907. The molecule has 3 aromatic heterocycles. The number of rotatable bonds is 7. The molecule has 0 saturated heterocycles. The molecule has 0 bridgehead atoms. The highest BCUT2D eigenvalue weighted by Gasteiger charge is 2.11. The Labute approximate surface area is 280 Å². The number of hydrogen-bond donors (Lipinski definition) is 0. The fourth-order valence-electron chi connectivity index (χ4n) is 6.14. The van der Waals surface area contributed by atoms with Crippen LogP contribution in [0.5, 0.6) is 0 Å². The Morgan fingerprint density at radius 2 is 0.521 bits per heavy atom. The highest BCUT2D eigenvalue weighted by atomic mass is 14.7. The number of aromatic nitrogens is 3. The van der Waals surface area contributed by atoms with E-state index in [0.717, 1.165) is 39.2 Å². The van der Waals surface area contributed by atoms with Crippen molar-refractivity contribution in [1.29, 1.82) is 0 Å². The van der Waals surface area contributed by atoms with Crippen molar-refractivity contribution in [3.05, 3.63) is 189 Å². The van der Waals surface area contributed by atoms with Crippen molar-refractivity contribution in [3.8, 4) is 78.1 Å². The van der Waals surface area contributed by atoms with Crippen molar-refractivity contribution >= 4 is 0 Å². The van der Waals surface area contributed by atoms with Crippen LogP contribution in [0.2, 0.25) is 0 Å². The second kappa shape index (κ2) is 13.1. The van der Waals surface area contributed by atoms with Gasteiger partial charge in [0.05, 0.1) is 11.4 Å². The van der Waals surface area contributed by atoms with Gasteiger partial charge >= 0.3 is 0 Å². The maximum absolute atomic E-state index is 5.01. The Balaban J connectivity index is 1.18. The van der Waals surface area contributed by atoms with E-state index in [2.05, 4.69) is 149 Å². The SMILES string of the molecule is c1ccc(-c2ccc(-c3cc(-c4ccccc4)cc(-c4ccc(-c5cc(-c6ccncc6)nc(-c6ccncc6)c5)cc4)c3)cc2)cc1. The molecule has 0 spiro atoms. The van der Waals surface area contributed by atoms with Crippen LogP contribution in [0, 0.1) is 0 Å². The van der Waals surface area contributed by atoms with E-state index in [1.165, 1.54) is 38.9 Å². The highest BCUT2D eigenvalue weighted by Crippen LogP contribution is 2.36. The summed E-state index contributed by atoms with van der Waals surface area (Å²) in [5.74, 6) is 0. The largest absolute Gasteiger partial charge is 0.265 e. The molecule has 3 heterocycles. The molecule has 0 unspecified atom stereocenters. The van der Waals surface area contributed by atoms with E-state index in [1.807, 2.05) is 24.3 Å². The second-order valence-electron chi connectivity index (χ2n) is 11.8. The highest BCUT2D eigenvalue weighted by molar-refractivity contribution is 5.83. The molecule has 226 valence electrons. The normalized spacial score (nSPS) is 10.9. The third kappa shape index (κ3) is 6.18. The van der Waals surface area contributed by atoms with E-state index in [9.17, 15) is 0 Å². The van der Waals surface area contributed by atoms with E-state index in [-0.39, 0.29) is 0 Å². The summed E-state index contributed by atoms with van der Waals surface area (Å²) < 4.78 is 0. The number of nitrogens with zero attached hydrogens (tertiary/aromatic N) is 3. The summed E-state index contributed by atoms with van der Waals surface area (Å²) in [7, 11) is 0. The summed E-state index contributed by atoms with van der Waals surface area (Å²) in [5, 5.41) is 0. The van der Waals surface area contributed by atoms with Crippen molar-refractivity contribution in [2.75, 3.05) is 0 Å². The molecule has 5 aromatic carbocycles. The summed E-state index contributed by atoms with van der Waals surface area (Å²) >= 11 is 0. The van der Waals surface area contributed by atoms with E-state index in [4.69, 9.17) is 4.98 Å². The molecule has 3 heteroatoms. The molecule has 0 aliphatic carbocycles. The molecule has 0 aliphatic rings. The predicted molar refractivity (Wildman–Crippen MR) is 198 cm³/mol. The van der Waals surface area contributed by atoms with Gasteiger partial charge in [0.15, 0.2) is 0 Å². The zero-order chi connectivity index (χ0) is 32.1. The fourth-order valence-corrected chi connectivity index (χ4v) is 6.14. The molecule has 3 nitrogen and oxygen atoms in total. The number of hydrogen-bond acceptors (Lipinski definition) is 3. The van der Waals surface area contributed by atoms with Crippen LogP contribution in [-0.4, -0.2) is 15.0 Å². The van der Waals surface area contributed by atoms with E-state index < -0.39 is 0 Å². The van der Waals surface area contributed by atoms with Crippen LogP contribution in [0.25, 0.3) is 78.1 Å². The van der Waals surface area contributed by atoms with Crippen LogP contribution in [-0.2, 0) is 0 Å². The molecular formula is C45H31N3. The van der Waals surface area contributed by atoms with Gasteiger partial charge < -0.3 is 0 Å². The summed E-state index contributed by atoms with van der Waals surface area (Å²) in [4.78, 5) is 13.4. The quantitative estimate of drug-likeness (QED) is 0.179. The zero-order valence-electron chi connectivity index (χ0n) is 26.2. The summed E-state index contributed by atoms with van der Waals surface area (Å²) in [6.45, 7) is 0. The van der Waals surface area contributed by atoms with Gasteiger partial charge in [-0.1, -0.05) is 109 Å². The van der Waals surface area contributed by atoms with Gasteiger partial charge in [0, 0.05) is 35.9 Å². The molecule has 0 saturated carbocycles. The second-order valence-corrected chi connectivity index (χ2v) is 11.8. The van der Waals surface area contributed by atoms with Gasteiger partial charge in [-0.25, -0.2) is 4.98 Å². The first-order valence-electron chi connectivity index (χ1n) is 16.1. The van der Waals surface area contributed by atoms with Crippen LogP contribution in [0.1, 0.15) is 0 Å². The minimum Gasteiger partial charge on any atom is -0.265 e. The molecule has 0 aliphatic heterocycles. The standard InChI is InChI=1S/C45H31N3/c1-3-7-32(8-4-1)34-11-13-35(14-12-34)41-27-40(33-9-5-2-6-10-33)28-42(29-41)36-15-17-37(18-16-36)43-30-44(38-19-23-46-24-20-38)48-45(31-43)39-21-25-47-26-22-39/h1-31H. The lowest BCUT2D eigenvalue weighted by atomic mass is 9.92. The van der Waals surface area contributed by atoms with E-state index in [0.29, 0.717) is 0 Å². The molecule has 48 heavy (non-hydrogen) atoms. The molecule has 0 fully saturated rings. The van der Waals surface area contributed by atoms with Gasteiger partial charge in [0.25, 0.3) is 0 Å². The van der Waals surface area contributed by atoms with Crippen LogP contribution < -0.4 is 0 Å². The maximum Gasteiger partial charge on any atom is 0.0716 e. The van der Waals surface area contributed by atoms with E-state index in [1.54, 1.807) is 24.8 Å². The topological polar surface area (TPSA) is 38.7 Å². The Hall–Kier alpha value is -6.45. The maximum atomic E-state index is 5.01. The van der Waals surface area contributed by atoms with Crippen LogP contribution in [0.15, 0.2) is 189 Å². The summed E-state index contributed by atoms with van der Waals surface area (Å²) in [6.07, 6.45) is 7.22. The van der Waals surface area contributed by atoms with Gasteiger partial charge in [-0.05, 0) is 110 Å². The van der Waals surface area contributed by atoms with Gasteiger partial charge in [0.2, 0.25) is 0 Å². The minimum atomic E-state index is 0.907. The van der Waals surface area contributed by atoms with Gasteiger partial charge in [-0.15, -0.1) is 0 Å². The first-order chi connectivity index (χ1) is 23.8. The van der Waals surface area contributed by atoms with E-state index >= 15 is 0 Å². The van der Waals surface area contributed by atoms with Crippen molar-refractivity contribution in [3.63, 3.8) is 0 Å². The zero-order valence-corrected chi connectivity index (χ0v) is 26.2.